The molecule has 0 radical (unpaired) electrons. The summed E-state index contributed by atoms with van der Waals surface area (Å²) in [6, 6.07) is 20.6. The Morgan fingerprint density at radius 2 is 1.66 bits per heavy atom. The van der Waals surface area contributed by atoms with Crippen molar-refractivity contribution in [3.8, 4) is 11.4 Å². The lowest BCUT2D eigenvalue weighted by Crippen LogP contribution is -2.31. The number of carbonyl (C=O) groups is 2. The van der Waals surface area contributed by atoms with Gasteiger partial charge in [0.2, 0.25) is 5.91 Å². The molecule has 0 fully saturated rings. The van der Waals surface area contributed by atoms with Gasteiger partial charge in [0.25, 0.3) is 5.91 Å². The van der Waals surface area contributed by atoms with Gasteiger partial charge in [0.1, 0.15) is 11.6 Å². The van der Waals surface area contributed by atoms with E-state index in [1.165, 1.54) is 0 Å². The molecule has 1 N–H and O–H groups in total. The lowest BCUT2D eigenvalue weighted by Gasteiger charge is -2.18. The highest BCUT2D eigenvalue weighted by atomic mass is 16.5. The van der Waals surface area contributed by atoms with Gasteiger partial charge in [0.05, 0.1) is 24.6 Å². The summed E-state index contributed by atoms with van der Waals surface area (Å²) in [5.41, 5.74) is 4.74. The second-order valence-electron chi connectivity index (χ2n) is 8.29. The van der Waals surface area contributed by atoms with E-state index in [1.54, 1.807) is 13.2 Å². The molecule has 0 unspecified atom stereocenters. The molecule has 180 valence electrons. The summed E-state index contributed by atoms with van der Waals surface area (Å²) in [7, 11) is 1.64. The molecule has 0 aliphatic heterocycles. The normalized spacial score (nSPS) is 10.9. The van der Waals surface area contributed by atoms with Crippen LogP contribution in [-0.2, 0) is 11.2 Å². The molecule has 1 aromatic heterocycles. The Labute approximate surface area is 205 Å². The number of likely N-dealkylation sites (N-methyl/N-ethyl adjacent to an activating group) is 1. The van der Waals surface area contributed by atoms with E-state index in [2.05, 4.69) is 10.3 Å². The van der Waals surface area contributed by atoms with Crippen LogP contribution in [0.15, 0.2) is 66.7 Å². The van der Waals surface area contributed by atoms with E-state index in [1.807, 2.05) is 90.9 Å². The van der Waals surface area contributed by atoms with Crippen LogP contribution >= 0.6 is 0 Å². The van der Waals surface area contributed by atoms with Crippen molar-refractivity contribution in [1.29, 1.82) is 0 Å². The minimum absolute atomic E-state index is 0.101. The highest BCUT2D eigenvalue weighted by Gasteiger charge is 2.14. The number of aromatic nitrogens is 2. The number of rotatable bonds is 8. The van der Waals surface area contributed by atoms with Crippen LogP contribution in [-0.4, -0.2) is 46.5 Å². The van der Waals surface area contributed by atoms with Crippen LogP contribution in [0, 0.1) is 6.92 Å². The molecular weight excluding hydrogens is 440 g/mol. The van der Waals surface area contributed by atoms with Gasteiger partial charge in [-0.15, -0.1) is 0 Å². The predicted molar refractivity (Wildman–Crippen MR) is 138 cm³/mol. The summed E-state index contributed by atoms with van der Waals surface area (Å²) in [6.45, 7) is 7.29. The van der Waals surface area contributed by atoms with E-state index in [0.717, 1.165) is 33.9 Å². The molecule has 0 aliphatic carbocycles. The Hall–Kier alpha value is -4.13. The number of methoxy groups -OCH3 is 1. The summed E-state index contributed by atoms with van der Waals surface area (Å²) in [4.78, 5) is 31.8. The summed E-state index contributed by atoms with van der Waals surface area (Å²) in [5.74, 6) is 1.50. The van der Waals surface area contributed by atoms with E-state index in [4.69, 9.17) is 4.74 Å². The average molecular weight is 471 g/mol. The molecule has 0 atom stereocenters. The minimum Gasteiger partial charge on any atom is -0.497 e. The second kappa shape index (κ2) is 10.4. The maximum absolute atomic E-state index is 13.0. The number of carbonyl (C=O) groups excluding carboxylic acids is 2. The first-order valence-corrected chi connectivity index (χ1v) is 11.7. The van der Waals surface area contributed by atoms with Gasteiger partial charge in [0.15, 0.2) is 0 Å². The Morgan fingerprint density at radius 3 is 2.29 bits per heavy atom. The Morgan fingerprint density at radius 1 is 0.971 bits per heavy atom. The molecule has 7 nitrogen and oxygen atoms in total. The van der Waals surface area contributed by atoms with Crippen LogP contribution in [0.2, 0.25) is 0 Å². The Kier molecular flexibility index (Phi) is 7.15. The number of hydrogen-bond acceptors (Lipinski definition) is 4. The van der Waals surface area contributed by atoms with Gasteiger partial charge in [-0.25, -0.2) is 4.98 Å². The number of imidazole rings is 1. The van der Waals surface area contributed by atoms with Crippen LogP contribution in [0.1, 0.15) is 35.6 Å². The van der Waals surface area contributed by atoms with Crippen LogP contribution in [0.4, 0.5) is 5.69 Å². The highest BCUT2D eigenvalue weighted by molar-refractivity contribution is 6.06. The summed E-state index contributed by atoms with van der Waals surface area (Å²) in [6.07, 6.45) is 0.348. The van der Waals surface area contributed by atoms with Crippen LogP contribution in [0.25, 0.3) is 16.7 Å². The molecule has 0 saturated heterocycles. The van der Waals surface area contributed by atoms with Crippen molar-refractivity contribution in [2.75, 3.05) is 25.5 Å². The third-order valence-corrected chi connectivity index (χ3v) is 6.10. The largest absolute Gasteiger partial charge is 0.497 e. The van der Waals surface area contributed by atoms with E-state index < -0.39 is 0 Å². The SMILES string of the molecule is CCN(CC)C(=O)Cc1ccc(NC(=O)c2ccc3nc(C)n(-c4ccc(OC)cc4)c3c2)cc1. The van der Waals surface area contributed by atoms with Crippen molar-refractivity contribution < 1.29 is 14.3 Å². The topological polar surface area (TPSA) is 76.5 Å². The number of benzene rings is 3. The fourth-order valence-electron chi connectivity index (χ4n) is 4.17. The van der Waals surface area contributed by atoms with Crippen molar-refractivity contribution in [2.24, 2.45) is 0 Å². The fraction of sp³-hybridized carbons (Fsp3) is 0.250. The van der Waals surface area contributed by atoms with Gasteiger partial charge in [-0.05, 0) is 80.9 Å². The first-order valence-electron chi connectivity index (χ1n) is 11.7. The number of aryl methyl sites for hydroxylation is 1. The maximum Gasteiger partial charge on any atom is 0.255 e. The van der Waals surface area contributed by atoms with Crippen molar-refractivity contribution in [1.82, 2.24) is 14.5 Å². The van der Waals surface area contributed by atoms with Gasteiger partial charge < -0.3 is 15.0 Å². The Bertz CT molecular complexity index is 1340. The minimum atomic E-state index is -0.209. The number of fused-ring (bicyclic) bond motifs is 1. The molecule has 2 amide bonds. The standard InChI is InChI=1S/C28H30N4O3/c1-5-31(6-2)27(33)17-20-7-10-22(11-8-20)30-28(34)21-9-16-25-26(18-21)32(19(3)29-25)23-12-14-24(35-4)15-13-23/h7-16,18H,5-6,17H2,1-4H3,(H,30,34). The molecule has 4 aromatic rings. The van der Waals surface area contributed by atoms with E-state index >= 15 is 0 Å². The summed E-state index contributed by atoms with van der Waals surface area (Å²) >= 11 is 0. The zero-order valence-corrected chi connectivity index (χ0v) is 20.5. The smallest absolute Gasteiger partial charge is 0.255 e. The van der Waals surface area contributed by atoms with Gasteiger partial charge in [-0.1, -0.05) is 12.1 Å². The van der Waals surface area contributed by atoms with Crippen LogP contribution < -0.4 is 10.1 Å². The second-order valence-corrected chi connectivity index (χ2v) is 8.29. The van der Waals surface area contributed by atoms with E-state index in [9.17, 15) is 9.59 Å². The first-order chi connectivity index (χ1) is 16.9. The molecule has 35 heavy (non-hydrogen) atoms. The van der Waals surface area contributed by atoms with Crippen molar-refractivity contribution in [2.45, 2.75) is 27.2 Å². The summed E-state index contributed by atoms with van der Waals surface area (Å²) < 4.78 is 7.28. The molecular formula is C28H30N4O3. The van der Waals surface area contributed by atoms with Crippen LogP contribution in [0.5, 0.6) is 5.75 Å². The van der Waals surface area contributed by atoms with Crippen LogP contribution in [0.3, 0.4) is 0 Å². The first kappa shape index (κ1) is 24.0. The zero-order valence-electron chi connectivity index (χ0n) is 20.5. The molecule has 0 aliphatic rings. The summed E-state index contributed by atoms with van der Waals surface area (Å²) in [5, 5.41) is 2.95. The number of amides is 2. The predicted octanol–water partition coefficient (Wildman–Crippen LogP) is 5.01. The molecule has 3 aromatic carbocycles. The van der Waals surface area contributed by atoms with Crippen molar-refractivity contribution >= 4 is 28.5 Å². The van der Waals surface area contributed by atoms with E-state index in [0.29, 0.717) is 30.8 Å². The fourth-order valence-corrected chi connectivity index (χ4v) is 4.17. The number of nitrogens with one attached hydrogen (secondary N) is 1. The number of hydrogen-bond donors (Lipinski definition) is 1. The number of nitrogens with zero attached hydrogens (tertiary/aromatic N) is 3. The number of anilines is 1. The van der Waals surface area contributed by atoms with Crippen molar-refractivity contribution in [3.05, 3.63) is 83.7 Å². The molecule has 4 rings (SSSR count). The third-order valence-electron chi connectivity index (χ3n) is 6.10. The van der Waals surface area contributed by atoms with Gasteiger partial charge in [0, 0.05) is 30.0 Å². The van der Waals surface area contributed by atoms with Gasteiger partial charge in [-0.3, -0.25) is 14.2 Å². The molecule has 0 bridgehead atoms. The maximum atomic E-state index is 13.0. The highest BCUT2D eigenvalue weighted by Crippen LogP contribution is 2.24. The zero-order chi connectivity index (χ0) is 24.9. The molecule has 0 saturated carbocycles. The lowest BCUT2D eigenvalue weighted by atomic mass is 10.1. The van der Waals surface area contributed by atoms with E-state index in [-0.39, 0.29) is 11.8 Å². The lowest BCUT2D eigenvalue weighted by molar-refractivity contribution is -0.130. The average Bonchev–Trinajstić information content (AvgIpc) is 3.20. The quantitative estimate of drug-likeness (QED) is 0.393. The third kappa shape index (κ3) is 5.19. The van der Waals surface area contributed by atoms with Crippen molar-refractivity contribution in [3.63, 3.8) is 0 Å². The number of ether oxygens (including phenoxy) is 1. The Balaban J connectivity index is 1.52. The molecule has 1 heterocycles. The molecule has 7 heteroatoms. The van der Waals surface area contributed by atoms with Gasteiger partial charge in [-0.2, -0.15) is 0 Å². The molecule has 0 spiro atoms. The van der Waals surface area contributed by atoms with Gasteiger partial charge >= 0.3 is 0 Å². The monoisotopic (exact) mass is 470 g/mol.